The summed E-state index contributed by atoms with van der Waals surface area (Å²) < 4.78 is 36.3. The third-order valence-electron chi connectivity index (χ3n) is 2.19. The number of aliphatic hydroxyl groups excluding tert-OH is 1. The van der Waals surface area contributed by atoms with Gasteiger partial charge in [-0.1, -0.05) is 12.1 Å². The number of rotatable bonds is 3. The quantitative estimate of drug-likeness (QED) is 0.685. The first-order chi connectivity index (χ1) is 7.30. The molecular weight excluding hydrogens is 221 g/mol. The van der Waals surface area contributed by atoms with Crippen molar-refractivity contribution in [2.24, 2.45) is 5.73 Å². The third-order valence-corrected chi connectivity index (χ3v) is 2.19. The Balaban J connectivity index is 2.64. The topological polar surface area (TPSA) is 72.3 Å². The molecule has 0 amide bonds. The average Bonchev–Trinajstić information content (AvgIpc) is 2.19. The van der Waals surface area contributed by atoms with Gasteiger partial charge in [-0.05, 0) is 24.1 Å². The molecule has 3 nitrogen and oxygen atoms in total. The summed E-state index contributed by atoms with van der Waals surface area (Å²) in [6.45, 7) is 0. The van der Waals surface area contributed by atoms with Gasteiger partial charge in [0, 0.05) is 11.7 Å². The van der Waals surface area contributed by atoms with E-state index in [1.54, 1.807) is 24.3 Å². The van der Waals surface area contributed by atoms with Crippen LogP contribution in [-0.4, -0.2) is 23.4 Å². The van der Waals surface area contributed by atoms with Gasteiger partial charge in [0.05, 0.1) is 0 Å². The highest BCUT2D eigenvalue weighted by atomic mass is 19.4. The fraction of sp³-hybridized carbons (Fsp3) is 0.400. The largest absolute Gasteiger partial charge is 0.415 e. The van der Waals surface area contributed by atoms with E-state index in [-0.39, 0.29) is 6.42 Å². The lowest BCUT2D eigenvalue weighted by Crippen LogP contribution is -2.46. The van der Waals surface area contributed by atoms with Crippen molar-refractivity contribution >= 4 is 5.69 Å². The maximum atomic E-state index is 12.1. The summed E-state index contributed by atoms with van der Waals surface area (Å²) in [6, 6.07) is 4.93. The third kappa shape index (κ3) is 3.39. The molecule has 0 bridgehead atoms. The molecule has 0 fully saturated rings. The van der Waals surface area contributed by atoms with Gasteiger partial charge in [-0.25, -0.2) is 0 Å². The average molecular weight is 234 g/mol. The van der Waals surface area contributed by atoms with E-state index in [4.69, 9.17) is 16.6 Å². The minimum absolute atomic E-state index is 0.0546. The molecule has 0 aliphatic heterocycles. The second-order valence-electron chi connectivity index (χ2n) is 3.60. The highest BCUT2D eigenvalue weighted by Crippen LogP contribution is 2.23. The summed E-state index contributed by atoms with van der Waals surface area (Å²) >= 11 is 0. The SMILES string of the molecule is Nc1ccc(CC(N)C(O)C(F)(F)F)cc1. The zero-order valence-electron chi connectivity index (χ0n) is 8.41. The van der Waals surface area contributed by atoms with E-state index < -0.39 is 18.3 Å². The van der Waals surface area contributed by atoms with E-state index in [0.29, 0.717) is 11.3 Å². The first-order valence-corrected chi connectivity index (χ1v) is 4.65. The molecule has 0 heterocycles. The minimum Gasteiger partial charge on any atom is -0.399 e. The Morgan fingerprint density at radius 3 is 2.12 bits per heavy atom. The first kappa shape index (κ1) is 12.8. The Morgan fingerprint density at radius 1 is 1.19 bits per heavy atom. The normalized spacial score (nSPS) is 15.8. The van der Waals surface area contributed by atoms with E-state index in [0.717, 1.165) is 0 Å². The van der Waals surface area contributed by atoms with Crippen LogP contribution in [0.15, 0.2) is 24.3 Å². The second kappa shape index (κ2) is 4.71. The highest BCUT2D eigenvalue weighted by molar-refractivity contribution is 5.39. The molecule has 0 saturated carbocycles. The summed E-state index contributed by atoms with van der Waals surface area (Å²) in [5.41, 5.74) is 11.8. The lowest BCUT2D eigenvalue weighted by Gasteiger charge is -2.21. The van der Waals surface area contributed by atoms with E-state index >= 15 is 0 Å². The first-order valence-electron chi connectivity index (χ1n) is 4.65. The van der Waals surface area contributed by atoms with Crippen molar-refractivity contribution < 1.29 is 18.3 Å². The molecule has 0 aromatic heterocycles. The van der Waals surface area contributed by atoms with Crippen LogP contribution >= 0.6 is 0 Å². The number of aliphatic hydroxyl groups is 1. The van der Waals surface area contributed by atoms with Gasteiger partial charge in [0.2, 0.25) is 0 Å². The lowest BCUT2D eigenvalue weighted by molar-refractivity contribution is -0.209. The van der Waals surface area contributed by atoms with E-state index in [1.807, 2.05) is 0 Å². The molecule has 1 rings (SSSR count). The molecular formula is C10H13F3N2O. The van der Waals surface area contributed by atoms with E-state index in [1.165, 1.54) is 0 Å². The molecule has 0 aliphatic rings. The van der Waals surface area contributed by atoms with Crippen LogP contribution in [0.3, 0.4) is 0 Å². The fourth-order valence-electron chi connectivity index (χ4n) is 1.28. The number of alkyl halides is 3. The Kier molecular flexibility index (Phi) is 3.77. The smallest absolute Gasteiger partial charge is 0.399 e. The Labute approximate surface area is 90.9 Å². The standard InChI is InChI=1S/C10H13F3N2O/c11-10(12,13)9(16)8(15)5-6-1-3-7(14)4-2-6/h1-4,8-9,16H,5,14-15H2. The summed E-state index contributed by atoms with van der Waals surface area (Å²) in [5, 5.41) is 8.90. The number of nitrogen functional groups attached to an aromatic ring is 1. The molecule has 0 aliphatic carbocycles. The number of hydrogen-bond acceptors (Lipinski definition) is 3. The van der Waals surface area contributed by atoms with Crippen molar-refractivity contribution in [3.63, 3.8) is 0 Å². The number of benzene rings is 1. The van der Waals surface area contributed by atoms with Crippen molar-refractivity contribution in [1.82, 2.24) is 0 Å². The summed E-state index contributed by atoms with van der Waals surface area (Å²) in [6.07, 6.45) is -7.25. The molecule has 2 atom stereocenters. The fourth-order valence-corrected chi connectivity index (χ4v) is 1.28. The Bertz CT molecular complexity index is 337. The van der Waals surface area contributed by atoms with Crippen LogP contribution in [0.1, 0.15) is 5.56 Å². The Morgan fingerprint density at radius 2 is 1.69 bits per heavy atom. The zero-order valence-corrected chi connectivity index (χ0v) is 8.41. The molecule has 0 radical (unpaired) electrons. The number of halogens is 3. The van der Waals surface area contributed by atoms with Crippen molar-refractivity contribution in [3.8, 4) is 0 Å². The lowest BCUT2D eigenvalue weighted by atomic mass is 10.0. The molecule has 1 aromatic rings. The van der Waals surface area contributed by atoms with Crippen molar-refractivity contribution in [2.75, 3.05) is 5.73 Å². The number of anilines is 1. The Hall–Kier alpha value is -1.27. The molecule has 1 aromatic carbocycles. The predicted molar refractivity (Wildman–Crippen MR) is 54.6 cm³/mol. The monoisotopic (exact) mass is 234 g/mol. The van der Waals surface area contributed by atoms with Gasteiger partial charge in [0.15, 0.2) is 6.10 Å². The van der Waals surface area contributed by atoms with Crippen molar-refractivity contribution in [3.05, 3.63) is 29.8 Å². The molecule has 5 N–H and O–H groups in total. The number of hydrogen-bond donors (Lipinski definition) is 3. The van der Waals surface area contributed by atoms with Gasteiger partial charge < -0.3 is 16.6 Å². The maximum absolute atomic E-state index is 12.1. The molecule has 0 spiro atoms. The van der Waals surface area contributed by atoms with Gasteiger partial charge >= 0.3 is 6.18 Å². The van der Waals surface area contributed by atoms with Gasteiger partial charge in [-0.3, -0.25) is 0 Å². The van der Waals surface area contributed by atoms with Gasteiger partial charge in [-0.2, -0.15) is 13.2 Å². The minimum atomic E-state index is -4.69. The van der Waals surface area contributed by atoms with Crippen LogP contribution in [0.25, 0.3) is 0 Å². The summed E-state index contributed by atoms with van der Waals surface area (Å²) in [5.74, 6) is 0. The van der Waals surface area contributed by atoms with E-state index in [9.17, 15) is 13.2 Å². The molecule has 90 valence electrons. The van der Waals surface area contributed by atoms with Crippen LogP contribution in [-0.2, 0) is 6.42 Å². The summed E-state index contributed by atoms with van der Waals surface area (Å²) in [4.78, 5) is 0. The molecule has 6 heteroatoms. The van der Waals surface area contributed by atoms with Gasteiger partial charge in [0.1, 0.15) is 0 Å². The molecule has 2 unspecified atom stereocenters. The predicted octanol–water partition coefficient (Wildman–Crippen LogP) is 1.06. The van der Waals surface area contributed by atoms with Gasteiger partial charge in [-0.15, -0.1) is 0 Å². The number of nitrogens with two attached hydrogens (primary N) is 2. The maximum Gasteiger partial charge on any atom is 0.415 e. The van der Waals surface area contributed by atoms with Crippen LogP contribution in [0.2, 0.25) is 0 Å². The van der Waals surface area contributed by atoms with Crippen LogP contribution in [0.4, 0.5) is 18.9 Å². The van der Waals surface area contributed by atoms with Crippen LogP contribution < -0.4 is 11.5 Å². The van der Waals surface area contributed by atoms with Crippen LogP contribution in [0, 0.1) is 0 Å². The van der Waals surface area contributed by atoms with E-state index in [2.05, 4.69) is 0 Å². The second-order valence-corrected chi connectivity index (χ2v) is 3.60. The van der Waals surface area contributed by atoms with Crippen molar-refractivity contribution in [1.29, 1.82) is 0 Å². The van der Waals surface area contributed by atoms with Gasteiger partial charge in [0.25, 0.3) is 0 Å². The highest BCUT2D eigenvalue weighted by Gasteiger charge is 2.41. The summed E-state index contributed by atoms with van der Waals surface area (Å²) in [7, 11) is 0. The van der Waals surface area contributed by atoms with Crippen LogP contribution in [0.5, 0.6) is 0 Å². The molecule has 0 saturated heterocycles. The van der Waals surface area contributed by atoms with Crippen molar-refractivity contribution in [2.45, 2.75) is 24.7 Å². The molecule has 16 heavy (non-hydrogen) atoms. The zero-order chi connectivity index (χ0) is 12.3.